The third-order valence-corrected chi connectivity index (χ3v) is 6.02. The predicted molar refractivity (Wildman–Crippen MR) is 100 cm³/mol. The van der Waals surface area contributed by atoms with Gasteiger partial charge in [0.1, 0.15) is 17.1 Å². The number of carbonyl (C=O) groups excluding carboxylic acids is 3. The summed E-state index contributed by atoms with van der Waals surface area (Å²) >= 11 is 1.46. The van der Waals surface area contributed by atoms with Crippen LogP contribution in [-0.4, -0.2) is 34.3 Å². The number of carbonyl (C=O) groups is 3. The van der Waals surface area contributed by atoms with E-state index in [0.717, 1.165) is 39.6 Å². The van der Waals surface area contributed by atoms with Gasteiger partial charge in [0.15, 0.2) is 0 Å². The number of benzene rings is 1. The van der Waals surface area contributed by atoms with Crippen molar-refractivity contribution in [1.82, 2.24) is 20.5 Å². The lowest BCUT2D eigenvalue weighted by atomic mass is 9.76. The molecule has 1 aliphatic heterocycles. The van der Waals surface area contributed by atoms with Crippen LogP contribution in [0.5, 0.6) is 0 Å². The van der Waals surface area contributed by atoms with E-state index >= 15 is 0 Å². The van der Waals surface area contributed by atoms with Gasteiger partial charge in [0, 0.05) is 11.1 Å². The molecule has 0 unspecified atom stereocenters. The molecule has 1 aromatic carbocycles. The molecule has 8 heteroatoms. The molecule has 1 aromatic heterocycles. The number of fused-ring (bicyclic) bond motifs is 2. The van der Waals surface area contributed by atoms with Crippen molar-refractivity contribution in [2.45, 2.75) is 38.3 Å². The lowest BCUT2D eigenvalue weighted by Crippen LogP contribution is -2.47. The number of imide groups is 1. The summed E-state index contributed by atoms with van der Waals surface area (Å²) in [5.74, 6) is -0.729. The lowest BCUT2D eigenvalue weighted by molar-refractivity contribution is -0.135. The van der Waals surface area contributed by atoms with Crippen molar-refractivity contribution >= 4 is 29.2 Å². The second-order valence-electron chi connectivity index (χ2n) is 6.90. The number of amides is 4. The molecule has 1 atom stereocenters. The number of hydrogen-bond acceptors (Lipinski definition) is 5. The van der Waals surface area contributed by atoms with Crippen molar-refractivity contribution in [3.63, 3.8) is 0 Å². The largest absolute Gasteiger partial charge is 0.348 e. The molecule has 2 heterocycles. The van der Waals surface area contributed by atoms with E-state index in [0.29, 0.717) is 6.42 Å². The number of urea groups is 1. The van der Waals surface area contributed by atoms with Crippen molar-refractivity contribution in [3.05, 3.63) is 51.5 Å². The van der Waals surface area contributed by atoms with Gasteiger partial charge in [-0.15, -0.1) is 11.3 Å². The highest BCUT2D eigenvalue weighted by Crippen LogP contribution is 2.39. The first kappa shape index (κ1) is 17.7. The van der Waals surface area contributed by atoms with Crippen molar-refractivity contribution in [2.24, 2.45) is 0 Å². The van der Waals surface area contributed by atoms with Gasteiger partial charge in [-0.1, -0.05) is 24.3 Å². The molecule has 27 heavy (non-hydrogen) atoms. The zero-order valence-corrected chi connectivity index (χ0v) is 15.8. The monoisotopic (exact) mass is 384 g/mol. The highest BCUT2D eigenvalue weighted by Gasteiger charge is 2.54. The summed E-state index contributed by atoms with van der Waals surface area (Å²) < 4.78 is 0. The van der Waals surface area contributed by atoms with Crippen molar-refractivity contribution < 1.29 is 14.4 Å². The van der Waals surface area contributed by atoms with Gasteiger partial charge in [0.2, 0.25) is 5.91 Å². The molecule has 1 fully saturated rings. The summed E-state index contributed by atoms with van der Waals surface area (Å²) in [4.78, 5) is 43.2. The maximum absolute atomic E-state index is 13.1. The fraction of sp³-hybridized carbons (Fsp3) is 0.368. The number of hydrogen-bond donors (Lipinski definition) is 2. The summed E-state index contributed by atoms with van der Waals surface area (Å²) in [6.45, 7) is 1.88. The summed E-state index contributed by atoms with van der Waals surface area (Å²) in [6, 6.07) is 7.17. The minimum absolute atomic E-state index is 0.287. The zero-order chi connectivity index (χ0) is 19.0. The third kappa shape index (κ3) is 3.10. The number of nitrogens with zero attached hydrogens (tertiary/aromatic N) is 2. The number of nitrogens with one attached hydrogen (secondary N) is 2. The number of thiazole rings is 1. The molecule has 0 bridgehead atoms. The summed E-state index contributed by atoms with van der Waals surface area (Å²) in [6.07, 6.45) is 2.24. The van der Waals surface area contributed by atoms with Crippen LogP contribution in [0.25, 0.3) is 0 Å². The van der Waals surface area contributed by atoms with Crippen molar-refractivity contribution in [3.8, 4) is 0 Å². The second-order valence-corrected chi connectivity index (χ2v) is 7.84. The van der Waals surface area contributed by atoms with Crippen LogP contribution in [0.1, 0.15) is 34.7 Å². The Labute approximate surface area is 160 Å². The first-order chi connectivity index (χ1) is 13.0. The molecular weight excluding hydrogens is 364 g/mol. The molecule has 0 saturated carbocycles. The summed E-state index contributed by atoms with van der Waals surface area (Å²) in [5.41, 5.74) is 1.77. The Kier molecular flexibility index (Phi) is 4.43. The van der Waals surface area contributed by atoms with Crippen molar-refractivity contribution in [1.29, 1.82) is 0 Å². The summed E-state index contributed by atoms with van der Waals surface area (Å²) in [5, 5.41) is 8.27. The quantitative estimate of drug-likeness (QED) is 0.787. The predicted octanol–water partition coefficient (Wildman–Crippen LogP) is 1.85. The van der Waals surface area contributed by atoms with Gasteiger partial charge in [-0.25, -0.2) is 9.78 Å². The minimum Gasteiger partial charge on any atom is -0.348 e. The third-order valence-electron chi connectivity index (χ3n) is 5.06. The van der Waals surface area contributed by atoms with E-state index in [1.807, 2.05) is 36.6 Å². The van der Waals surface area contributed by atoms with Gasteiger partial charge in [-0.05, 0) is 37.3 Å². The van der Waals surface area contributed by atoms with E-state index in [4.69, 9.17) is 0 Å². The Balaban J connectivity index is 1.48. The fourth-order valence-electron chi connectivity index (χ4n) is 3.81. The average Bonchev–Trinajstić information content (AvgIpc) is 3.18. The zero-order valence-electron chi connectivity index (χ0n) is 14.9. The van der Waals surface area contributed by atoms with E-state index in [9.17, 15) is 14.4 Å². The van der Waals surface area contributed by atoms with Gasteiger partial charge in [0.25, 0.3) is 5.91 Å². The van der Waals surface area contributed by atoms with E-state index < -0.39 is 11.6 Å². The number of rotatable bonds is 4. The van der Waals surface area contributed by atoms with E-state index in [1.54, 1.807) is 0 Å². The molecule has 140 valence electrons. The fourth-order valence-corrected chi connectivity index (χ4v) is 4.52. The smallest absolute Gasteiger partial charge is 0.325 e. The summed E-state index contributed by atoms with van der Waals surface area (Å²) in [7, 11) is 0. The number of aryl methyl sites for hydroxylation is 2. The molecule has 7 nitrogen and oxygen atoms in total. The van der Waals surface area contributed by atoms with Crippen LogP contribution in [0, 0.1) is 6.92 Å². The SMILES string of the molecule is Cc1csc(CNC(=O)CN2C(=O)N[C@@]3(CCCc4ccccc43)C2=O)n1. The van der Waals surface area contributed by atoms with Gasteiger partial charge >= 0.3 is 6.03 Å². The Morgan fingerprint density at radius 3 is 2.96 bits per heavy atom. The minimum atomic E-state index is -1.04. The average molecular weight is 384 g/mol. The van der Waals surface area contributed by atoms with Gasteiger partial charge in [-0.2, -0.15) is 0 Å². The van der Waals surface area contributed by atoms with Crippen LogP contribution in [-0.2, 0) is 28.1 Å². The van der Waals surface area contributed by atoms with Gasteiger partial charge in [0.05, 0.1) is 6.54 Å². The van der Waals surface area contributed by atoms with Crippen LogP contribution in [0.2, 0.25) is 0 Å². The Morgan fingerprint density at radius 2 is 2.19 bits per heavy atom. The maximum atomic E-state index is 13.1. The van der Waals surface area contributed by atoms with Gasteiger partial charge < -0.3 is 10.6 Å². The Hall–Kier alpha value is -2.74. The standard InChI is InChI=1S/C19H20N4O3S/c1-12-11-27-16(21-12)9-20-15(24)10-23-17(25)19(22-18(23)26)8-4-6-13-5-2-3-7-14(13)19/h2-3,5,7,11H,4,6,8-10H2,1H3,(H,20,24)(H,22,26)/t19-/m1/s1. The maximum Gasteiger partial charge on any atom is 0.325 e. The molecule has 2 aliphatic rings. The van der Waals surface area contributed by atoms with Crippen LogP contribution < -0.4 is 10.6 Å². The molecule has 0 radical (unpaired) electrons. The molecule has 1 aliphatic carbocycles. The molecule has 2 aromatic rings. The number of aromatic nitrogens is 1. The first-order valence-corrected chi connectivity index (χ1v) is 9.78. The van der Waals surface area contributed by atoms with Crippen LogP contribution in [0.4, 0.5) is 4.79 Å². The second kappa shape index (κ2) is 6.77. The van der Waals surface area contributed by atoms with E-state index in [2.05, 4.69) is 15.6 Å². The van der Waals surface area contributed by atoms with Gasteiger partial charge in [-0.3, -0.25) is 14.5 Å². The molecule has 4 rings (SSSR count). The lowest BCUT2D eigenvalue weighted by Gasteiger charge is -2.33. The normalized spacial score (nSPS) is 21.3. The Morgan fingerprint density at radius 1 is 1.37 bits per heavy atom. The molecule has 4 amide bonds. The molecular formula is C19H20N4O3S. The van der Waals surface area contributed by atoms with Crippen LogP contribution in [0.15, 0.2) is 29.6 Å². The molecule has 2 N–H and O–H groups in total. The molecule has 1 saturated heterocycles. The van der Waals surface area contributed by atoms with Crippen LogP contribution >= 0.6 is 11.3 Å². The van der Waals surface area contributed by atoms with E-state index in [1.165, 1.54) is 11.3 Å². The van der Waals surface area contributed by atoms with Crippen molar-refractivity contribution in [2.75, 3.05) is 6.54 Å². The van der Waals surface area contributed by atoms with Crippen LogP contribution in [0.3, 0.4) is 0 Å². The Bertz CT molecular complexity index is 925. The molecule has 1 spiro atoms. The first-order valence-electron chi connectivity index (χ1n) is 8.90. The highest BCUT2D eigenvalue weighted by atomic mass is 32.1. The highest BCUT2D eigenvalue weighted by molar-refractivity contribution is 7.09. The van der Waals surface area contributed by atoms with E-state index in [-0.39, 0.29) is 24.9 Å². The topological polar surface area (TPSA) is 91.4 Å².